The van der Waals surface area contributed by atoms with Crippen molar-refractivity contribution in [3.63, 3.8) is 0 Å². The zero-order chi connectivity index (χ0) is 37.1. The lowest BCUT2D eigenvalue weighted by Crippen LogP contribution is -2.25. The highest BCUT2D eigenvalue weighted by molar-refractivity contribution is 5.96. The Bertz CT molecular complexity index is 2860. The van der Waals surface area contributed by atoms with E-state index < -0.39 is 0 Å². The average Bonchev–Trinajstić information content (AvgIpc) is 3.75. The summed E-state index contributed by atoms with van der Waals surface area (Å²) >= 11 is 0. The van der Waals surface area contributed by atoms with Crippen molar-refractivity contribution in [2.45, 2.75) is 5.41 Å². The number of nitrogens with zero attached hydrogens (tertiary/aromatic N) is 1. The van der Waals surface area contributed by atoms with Gasteiger partial charge in [-0.25, -0.2) is 0 Å². The van der Waals surface area contributed by atoms with Crippen LogP contribution in [0.2, 0.25) is 0 Å². The molecule has 0 saturated carbocycles. The van der Waals surface area contributed by atoms with Crippen molar-refractivity contribution >= 4 is 17.1 Å². The van der Waals surface area contributed by atoms with Gasteiger partial charge in [-0.15, -0.1) is 0 Å². The van der Waals surface area contributed by atoms with E-state index in [0.717, 1.165) is 17.1 Å². The molecule has 0 fully saturated rings. The number of anilines is 3. The van der Waals surface area contributed by atoms with E-state index in [9.17, 15) is 0 Å². The van der Waals surface area contributed by atoms with Crippen molar-refractivity contribution in [3.8, 4) is 55.6 Å². The molecule has 0 aromatic heterocycles. The molecule has 0 amide bonds. The Kier molecular flexibility index (Phi) is 7.47. The van der Waals surface area contributed by atoms with Crippen LogP contribution in [0.3, 0.4) is 0 Å². The van der Waals surface area contributed by atoms with Gasteiger partial charge in [0.25, 0.3) is 0 Å². The Labute approximate surface area is 328 Å². The maximum absolute atomic E-state index is 2.43. The first-order valence-electron chi connectivity index (χ1n) is 19.4. The lowest BCUT2D eigenvalue weighted by molar-refractivity contribution is 0.794. The maximum Gasteiger partial charge on any atom is 0.0725 e. The zero-order valence-corrected chi connectivity index (χ0v) is 30.8. The van der Waals surface area contributed by atoms with Crippen LogP contribution in [-0.4, -0.2) is 0 Å². The number of hydrogen-bond donors (Lipinski definition) is 0. The highest BCUT2D eigenvalue weighted by atomic mass is 15.1. The largest absolute Gasteiger partial charge is 0.310 e. The molecule has 0 atom stereocenters. The molecule has 2 aliphatic carbocycles. The first-order valence-corrected chi connectivity index (χ1v) is 19.4. The minimum absolute atomic E-state index is 0.372. The minimum Gasteiger partial charge on any atom is -0.310 e. The van der Waals surface area contributed by atoms with Gasteiger partial charge in [0.05, 0.1) is 5.41 Å². The molecule has 1 spiro atoms. The first-order chi connectivity index (χ1) is 27.8. The lowest BCUT2D eigenvalue weighted by Gasteiger charge is -2.31. The van der Waals surface area contributed by atoms with Crippen molar-refractivity contribution in [1.82, 2.24) is 0 Å². The third-order valence-electron chi connectivity index (χ3n) is 11.9. The molecule has 2 aliphatic rings. The van der Waals surface area contributed by atoms with Gasteiger partial charge in [0.2, 0.25) is 0 Å². The van der Waals surface area contributed by atoms with E-state index in [-0.39, 0.29) is 5.41 Å². The predicted octanol–water partition coefficient (Wildman–Crippen LogP) is 14.5. The van der Waals surface area contributed by atoms with Gasteiger partial charge in [0.1, 0.15) is 0 Å². The predicted molar refractivity (Wildman–Crippen MR) is 234 cm³/mol. The van der Waals surface area contributed by atoms with Crippen LogP contribution < -0.4 is 4.90 Å². The molecule has 9 aromatic rings. The summed E-state index contributed by atoms with van der Waals surface area (Å²) in [6, 6.07) is 82.3. The standard InChI is InChI=1S/C55H37N/c1-3-16-38(17-4-1)41-20-15-21-43(36-41)56(42-32-30-40(31-33-42)46-23-8-7-22-45(46)39-18-5-2-6-19-39)44-34-35-54-50(37-44)49-26-11-14-29-53(49)55(54)51-27-12-9-24-47(51)48-25-10-13-28-52(48)55/h1-37H. The lowest BCUT2D eigenvalue weighted by atomic mass is 9.70. The molecule has 0 saturated heterocycles. The summed E-state index contributed by atoms with van der Waals surface area (Å²) in [5.41, 5.74) is 20.8. The third-order valence-corrected chi connectivity index (χ3v) is 11.9. The third kappa shape index (κ3) is 4.88. The monoisotopic (exact) mass is 711 g/mol. The fourth-order valence-corrected chi connectivity index (χ4v) is 9.52. The fraction of sp³-hybridized carbons (Fsp3) is 0.0182. The van der Waals surface area contributed by atoms with Crippen LogP contribution in [0.1, 0.15) is 22.3 Å². The fourth-order valence-electron chi connectivity index (χ4n) is 9.52. The van der Waals surface area contributed by atoms with Crippen LogP contribution in [0.15, 0.2) is 224 Å². The van der Waals surface area contributed by atoms with Gasteiger partial charge in [-0.05, 0) is 114 Å². The molecule has 1 heteroatoms. The Hall–Kier alpha value is -7.22. The molecule has 0 radical (unpaired) electrons. The molecular formula is C55H37N. The van der Waals surface area contributed by atoms with Crippen molar-refractivity contribution in [3.05, 3.63) is 247 Å². The van der Waals surface area contributed by atoms with E-state index in [2.05, 4.69) is 229 Å². The Morgan fingerprint density at radius 3 is 1.23 bits per heavy atom. The molecular weight excluding hydrogens is 675 g/mol. The summed E-state index contributed by atoms with van der Waals surface area (Å²) in [5.74, 6) is 0. The quantitative estimate of drug-likeness (QED) is 0.166. The van der Waals surface area contributed by atoms with Crippen molar-refractivity contribution in [2.75, 3.05) is 4.90 Å². The summed E-state index contributed by atoms with van der Waals surface area (Å²) in [6.45, 7) is 0. The molecule has 9 aromatic carbocycles. The second-order valence-corrected chi connectivity index (χ2v) is 14.8. The van der Waals surface area contributed by atoms with E-state index in [4.69, 9.17) is 0 Å². The van der Waals surface area contributed by atoms with Crippen molar-refractivity contribution in [1.29, 1.82) is 0 Å². The molecule has 262 valence electrons. The van der Waals surface area contributed by atoms with Gasteiger partial charge in [-0.1, -0.05) is 188 Å². The van der Waals surface area contributed by atoms with Gasteiger partial charge in [0.15, 0.2) is 0 Å². The number of rotatable bonds is 6. The average molecular weight is 712 g/mol. The Morgan fingerprint density at radius 1 is 0.232 bits per heavy atom. The summed E-state index contributed by atoms with van der Waals surface area (Å²) in [7, 11) is 0. The number of fused-ring (bicyclic) bond motifs is 10. The van der Waals surface area contributed by atoms with E-state index in [1.165, 1.54) is 77.9 Å². The number of benzene rings is 9. The summed E-state index contributed by atoms with van der Waals surface area (Å²) in [4.78, 5) is 2.42. The molecule has 0 heterocycles. The Morgan fingerprint density at radius 2 is 0.643 bits per heavy atom. The van der Waals surface area contributed by atoms with Gasteiger partial charge in [0, 0.05) is 17.1 Å². The SMILES string of the molecule is c1ccc(-c2cccc(N(c3ccc(-c4ccccc4-c4ccccc4)cc3)c3ccc4c(c3)-c3ccccc3C43c4ccccc4-c4ccccc43)c2)cc1. The van der Waals surface area contributed by atoms with E-state index >= 15 is 0 Å². The van der Waals surface area contributed by atoms with E-state index in [1.807, 2.05) is 0 Å². The molecule has 56 heavy (non-hydrogen) atoms. The molecule has 0 N–H and O–H groups in total. The summed E-state index contributed by atoms with van der Waals surface area (Å²) in [5, 5.41) is 0. The molecule has 0 aliphatic heterocycles. The van der Waals surface area contributed by atoms with Gasteiger partial charge >= 0.3 is 0 Å². The highest BCUT2D eigenvalue weighted by Crippen LogP contribution is 2.63. The van der Waals surface area contributed by atoms with Crippen molar-refractivity contribution in [2.24, 2.45) is 0 Å². The second-order valence-electron chi connectivity index (χ2n) is 14.8. The molecule has 0 bridgehead atoms. The molecule has 1 nitrogen and oxygen atoms in total. The topological polar surface area (TPSA) is 3.24 Å². The minimum atomic E-state index is -0.372. The van der Waals surface area contributed by atoms with Gasteiger partial charge in [-0.3, -0.25) is 0 Å². The first kappa shape index (κ1) is 32.2. The van der Waals surface area contributed by atoms with E-state index in [0.29, 0.717) is 0 Å². The smallest absolute Gasteiger partial charge is 0.0725 e. The summed E-state index contributed by atoms with van der Waals surface area (Å²) in [6.07, 6.45) is 0. The highest BCUT2D eigenvalue weighted by Gasteiger charge is 2.51. The number of hydrogen-bond acceptors (Lipinski definition) is 1. The van der Waals surface area contributed by atoms with Crippen LogP contribution in [0.4, 0.5) is 17.1 Å². The second kappa shape index (κ2) is 13.0. The van der Waals surface area contributed by atoms with Crippen LogP contribution in [-0.2, 0) is 5.41 Å². The van der Waals surface area contributed by atoms with Crippen LogP contribution in [0.5, 0.6) is 0 Å². The van der Waals surface area contributed by atoms with Crippen LogP contribution >= 0.6 is 0 Å². The van der Waals surface area contributed by atoms with Gasteiger partial charge in [-0.2, -0.15) is 0 Å². The zero-order valence-electron chi connectivity index (χ0n) is 30.8. The van der Waals surface area contributed by atoms with E-state index in [1.54, 1.807) is 0 Å². The van der Waals surface area contributed by atoms with Gasteiger partial charge < -0.3 is 4.90 Å². The molecule has 11 rings (SSSR count). The van der Waals surface area contributed by atoms with Crippen molar-refractivity contribution < 1.29 is 0 Å². The Balaban J connectivity index is 1.10. The summed E-state index contributed by atoms with van der Waals surface area (Å²) < 4.78 is 0. The maximum atomic E-state index is 2.43. The normalized spacial score (nSPS) is 12.8. The van der Waals surface area contributed by atoms with Crippen LogP contribution in [0.25, 0.3) is 55.6 Å². The molecule has 0 unspecified atom stereocenters. The van der Waals surface area contributed by atoms with Crippen LogP contribution in [0, 0.1) is 0 Å².